The van der Waals surface area contributed by atoms with Gasteiger partial charge in [-0.2, -0.15) is 0 Å². The van der Waals surface area contributed by atoms with Gasteiger partial charge in [0, 0.05) is 26.5 Å². The number of ether oxygens (including phenoxy) is 1. The fourth-order valence-electron chi connectivity index (χ4n) is 2.63. The van der Waals surface area contributed by atoms with Gasteiger partial charge in [0.05, 0.1) is 5.60 Å². The fourth-order valence-corrected chi connectivity index (χ4v) is 2.63. The molecule has 1 aromatic heterocycles. The first kappa shape index (κ1) is 14.9. The van der Waals surface area contributed by atoms with Crippen LogP contribution in [0.2, 0.25) is 0 Å². The first-order chi connectivity index (χ1) is 9.58. The molecule has 20 heavy (non-hydrogen) atoms. The zero-order valence-electron chi connectivity index (χ0n) is 12.1. The maximum atomic E-state index is 10.8. The van der Waals surface area contributed by atoms with E-state index < -0.39 is 5.97 Å². The van der Waals surface area contributed by atoms with Crippen LogP contribution in [0, 0.1) is 5.92 Å². The highest BCUT2D eigenvalue weighted by Crippen LogP contribution is 2.37. The molecule has 1 unspecified atom stereocenters. The molecule has 112 valence electrons. The summed E-state index contributed by atoms with van der Waals surface area (Å²) in [6.07, 6.45) is 4.86. The normalized spacial score (nSPS) is 18.5. The Morgan fingerprint density at radius 3 is 2.80 bits per heavy atom. The van der Waals surface area contributed by atoms with E-state index in [4.69, 9.17) is 9.84 Å². The van der Waals surface area contributed by atoms with Gasteiger partial charge in [0.15, 0.2) is 5.82 Å². The number of carbonyl (C=O) groups is 1. The molecule has 0 saturated heterocycles. The molecule has 1 aliphatic carbocycles. The molecule has 0 bridgehead atoms. The maximum absolute atomic E-state index is 10.8. The number of tetrazole rings is 1. The average molecular weight is 282 g/mol. The molecule has 7 heteroatoms. The second-order valence-electron chi connectivity index (χ2n) is 5.57. The number of aliphatic carboxylic acids is 1. The highest BCUT2D eigenvalue weighted by Gasteiger charge is 2.38. The molecule has 1 fully saturated rings. The van der Waals surface area contributed by atoms with Crippen molar-refractivity contribution in [1.29, 1.82) is 0 Å². The third-order valence-electron chi connectivity index (χ3n) is 4.26. The number of aromatic nitrogens is 4. The molecule has 7 nitrogen and oxygen atoms in total. The fraction of sp³-hybridized carbons (Fsp3) is 0.846. The SMILES string of the molecule is CCC(CC(=O)O)Cn1nnnc1CC1(OC)CCC1. The van der Waals surface area contributed by atoms with Crippen LogP contribution in [0.1, 0.15) is 44.9 Å². The van der Waals surface area contributed by atoms with Crippen molar-refractivity contribution in [3.05, 3.63) is 5.82 Å². The van der Waals surface area contributed by atoms with Crippen molar-refractivity contribution in [3.63, 3.8) is 0 Å². The van der Waals surface area contributed by atoms with Gasteiger partial charge in [-0.1, -0.05) is 13.3 Å². The Morgan fingerprint density at radius 2 is 2.30 bits per heavy atom. The summed E-state index contributed by atoms with van der Waals surface area (Å²) in [4.78, 5) is 10.8. The molecule has 2 rings (SSSR count). The summed E-state index contributed by atoms with van der Waals surface area (Å²) in [5.74, 6) is 0.0591. The lowest BCUT2D eigenvalue weighted by Crippen LogP contribution is -2.42. The molecular weight excluding hydrogens is 260 g/mol. The summed E-state index contributed by atoms with van der Waals surface area (Å²) in [7, 11) is 1.73. The number of nitrogens with zero attached hydrogens (tertiary/aromatic N) is 4. The Labute approximate surface area is 118 Å². The van der Waals surface area contributed by atoms with Gasteiger partial charge in [-0.15, -0.1) is 5.10 Å². The molecule has 1 aromatic rings. The molecule has 1 saturated carbocycles. The van der Waals surface area contributed by atoms with E-state index in [1.165, 1.54) is 6.42 Å². The number of rotatable bonds is 8. The molecule has 0 aliphatic heterocycles. The zero-order valence-corrected chi connectivity index (χ0v) is 12.1. The van der Waals surface area contributed by atoms with Crippen LogP contribution in [-0.2, 0) is 22.5 Å². The van der Waals surface area contributed by atoms with Gasteiger partial charge in [0.2, 0.25) is 0 Å². The minimum atomic E-state index is -0.779. The zero-order chi connectivity index (χ0) is 14.6. The standard InChI is InChI=1S/C13H22N4O3/c1-3-10(7-12(18)19)9-17-11(14-15-16-17)8-13(20-2)5-4-6-13/h10H,3-9H2,1-2H3,(H,18,19). The van der Waals surface area contributed by atoms with Gasteiger partial charge in [0.1, 0.15) is 0 Å². The van der Waals surface area contributed by atoms with Crippen molar-refractivity contribution in [2.24, 2.45) is 5.92 Å². The van der Waals surface area contributed by atoms with Crippen LogP contribution in [0.4, 0.5) is 0 Å². The highest BCUT2D eigenvalue weighted by molar-refractivity contribution is 5.66. The van der Waals surface area contributed by atoms with Crippen LogP contribution in [0.5, 0.6) is 0 Å². The Bertz CT molecular complexity index is 451. The summed E-state index contributed by atoms with van der Waals surface area (Å²) in [5.41, 5.74) is -0.124. The first-order valence-electron chi connectivity index (χ1n) is 7.10. The minimum Gasteiger partial charge on any atom is -0.481 e. The lowest BCUT2D eigenvalue weighted by Gasteiger charge is -2.40. The van der Waals surface area contributed by atoms with Gasteiger partial charge in [-0.05, 0) is 35.6 Å². The Kier molecular flexibility index (Phi) is 4.69. The molecular formula is C13H22N4O3. The molecule has 1 heterocycles. The lowest BCUT2D eigenvalue weighted by atomic mass is 9.77. The van der Waals surface area contributed by atoms with E-state index in [9.17, 15) is 4.79 Å². The third-order valence-corrected chi connectivity index (χ3v) is 4.26. The number of carboxylic acids is 1. The van der Waals surface area contributed by atoms with Gasteiger partial charge in [-0.25, -0.2) is 4.68 Å². The van der Waals surface area contributed by atoms with Crippen LogP contribution < -0.4 is 0 Å². The van der Waals surface area contributed by atoms with Crippen molar-refractivity contribution in [2.45, 2.75) is 57.6 Å². The molecule has 1 aliphatic rings. The van der Waals surface area contributed by atoms with E-state index in [1.807, 2.05) is 6.92 Å². The van der Waals surface area contributed by atoms with Crippen LogP contribution in [0.25, 0.3) is 0 Å². The summed E-state index contributed by atoms with van der Waals surface area (Å²) in [5, 5.41) is 20.7. The van der Waals surface area contributed by atoms with Crippen LogP contribution in [-0.4, -0.2) is 44.0 Å². The smallest absolute Gasteiger partial charge is 0.303 e. The topological polar surface area (TPSA) is 90.1 Å². The largest absolute Gasteiger partial charge is 0.481 e. The number of methoxy groups -OCH3 is 1. The Balaban J connectivity index is 2.02. The molecule has 0 radical (unpaired) electrons. The van der Waals surface area contributed by atoms with Crippen LogP contribution in [0.15, 0.2) is 0 Å². The predicted molar refractivity (Wildman–Crippen MR) is 71.1 cm³/mol. The highest BCUT2D eigenvalue weighted by atomic mass is 16.5. The van der Waals surface area contributed by atoms with E-state index in [2.05, 4.69) is 15.5 Å². The first-order valence-corrected chi connectivity index (χ1v) is 7.10. The van der Waals surface area contributed by atoms with E-state index in [-0.39, 0.29) is 17.9 Å². The van der Waals surface area contributed by atoms with Crippen molar-refractivity contribution in [1.82, 2.24) is 20.2 Å². The maximum Gasteiger partial charge on any atom is 0.303 e. The molecule has 0 aromatic carbocycles. The average Bonchev–Trinajstić information content (AvgIpc) is 2.79. The Hall–Kier alpha value is -1.50. The van der Waals surface area contributed by atoms with Crippen LogP contribution in [0.3, 0.4) is 0 Å². The molecule has 1 atom stereocenters. The quantitative estimate of drug-likeness (QED) is 0.772. The van der Waals surface area contributed by atoms with Gasteiger partial charge >= 0.3 is 5.97 Å². The number of carboxylic acid groups (broad SMARTS) is 1. The van der Waals surface area contributed by atoms with E-state index in [1.54, 1.807) is 11.8 Å². The van der Waals surface area contributed by atoms with Gasteiger partial charge in [0.25, 0.3) is 0 Å². The second-order valence-corrected chi connectivity index (χ2v) is 5.57. The van der Waals surface area contributed by atoms with E-state index in [0.717, 1.165) is 25.1 Å². The number of hydrogen-bond donors (Lipinski definition) is 1. The van der Waals surface area contributed by atoms with Crippen molar-refractivity contribution >= 4 is 5.97 Å². The Morgan fingerprint density at radius 1 is 1.55 bits per heavy atom. The van der Waals surface area contributed by atoms with Gasteiger partial charge in [-0.3, -0.25) is 4.79 Å². The summed E-state index contributed by atoms with van der Waals surface area (Å²) < 4.78 is 7.33. The summed E-state index contributed by atoms with van der Waals surface area (Å²) >= 11 is 0. The summed E-state index contributed by atoms with van der Waals surface area (Å²) in [6, 6.07) is 0. The minimum absolute atomic E-state index is 0.0506. The van der Waals surface area contributed by atoms with Gasteiger partial charge < -0.3 is 9.84 Å². The van der Waals surface area contributed by atoms with Crippen molar-refractivity contribution in [2.75, 3.05) is 7.11 Å². The van der Waals surface area contributed by atoms with E-state index >= 15 is 0 Å². The van der Waals surface area contributed by atoms with E-state index in [0.29, 0.717) is 13.0 Å². The monoisotopic (exact) mass is 282 g/mol. The third kappa shape index (κ3) is 3.33. The molecule has 0 amide bonds. The molecule has 0 spiro atoms. The van der Waals surface area contributed by atoms with Crippen molar-refractivity contribution in [3.8, 4) is 0 Å². The summed E-state index contributed by atoms with van der Waals surface area (Å²) in [6.45, 7) is 2.53. The molecule has 1 N–H and O–H groups in total. The predicted octanol–water partition coefficient (Wildman–Crippen LogP) is 1.29. The second kappa shape index (κ2) is 6.30. The van der Waals surface area contributed by atoms with Crippen molar-refractivity contribution < 1.29 is 14.6 Å². The number of hydrogen-bond acceptors (Lipinski definition) is 5. The lowest BCUT2D eigenvalue weighted by molar-refractivity contribution is -0.138. The van der Waals surface area contributed by atoms with Crippen LogP contribution >= 0.6 is 0 Å².